The molecule has 0 saturated heterocycles. The predicted octanol–water partition coefficient (Wildman–Crippen LogP) is 2.60. The number of halogens is 1. The first-order chi connectivity index (χ1) is 11.0. The van der Waals surface area contributed by atoms with Crippen LogP contribution in [-0.4, -0.2) is 32.2 Å². The summed E-state index contributed by atoms with van der Waals surface area (Å²) in [6.07, 6.45) is 0. The molecule has 0 atom stereocenters. The molecule has 0 aliphatic carbocycles. The summed E-state index contributed by atoms with van der Waals surface area (Å²) >= 11 is 5.73. The van der Waals surface area contributed by atoms with Crippen LogP contribution in [0.5, 0.6) is 17.2 Å². The largest absolute Gasteiger partial charge is 0.493 e. The zero-order chi connectivity index (χ0) is 17.0. The number of nitrogen functional groups attached to an aromatic ring is 1. The lowest BCUT2D eigenvalue weighted by atomic mass is 10.1. The topological polar surface area (TPSA) is 95.7 Å². The lowest BCUT2D eigenvalue weighted by molar-refractivity contribution is 0.102. The smallest absolute Gasteiger partial charge is 0.256 e. The van der Waals surface area contributed by atoms with E-state index < -0.39 is 5.91 Å². The summed E-state index contributed by atoms with van der Waals surface area (Å²) < 4.78 is 15.7. The second kappa shape index (κ2) is 7.06. The maximum atomic E-state index is 12.4. The molecule has 23 heavy (non-hydrogen) atoms. The Morgan fingerprint density at radius 1 is 1.13 bits per heavy atom. The van der Waals surface area contributed by atoms with Gasteiger partial charge in [-0.15, -0.1) is 0 Å². The molecule has 2 aromatic rings. The van der Waals surface area contributed by atoms with E-state index in [4.69, 9.17) is 31.5 Å². The van der Waals surface area contributed by atoms with Gasteiger partial charge in [0.1, 0.15) is 11.0 Å². The number of nitrogens with one attached hydrogen (secondary N) is 1. The molecule has 0 unspecified atom stereocenters. The van der Waals surface area contributed by atoms with E-state index in [-0.39, 0.29) is 11.0 Å². The van der Waals surface area contributed by atoms with E-state index in [1.165, 1.54) is 39.5 Å². The molecule has 1 amide bonds. The fraction of sp³-hybridized carbons (Fsp3) is 0.200. The molecule has 1 heterocycles. The number of nitrogens with zero attached hydrogens (tertiary/aromatic N) is 1. The fourth-order valence-electron chi connectivity index (χ4n) is 1.96. The van der Waals surface area contributed by atoms with Crippen LogP contribution >= 0.6 is 11.6 Å². The van der Waals surface area contributed by atoms with Gasteiger partial charge in [0.2, 0.25) is 5.75 Å². The first-order valence-electron chi connectivity index (χ1n) is 6.53. The highest BCUT2D eigenvalue weighted by atomic mass is 35.5. The van der Waals surface area contributed by atoms with Crippen LogP contribution in [0.15, 0.2) is 24.3 Å². The number of carbonyl (C=O) groups excluding carboxylic acids is 1. The van der Waals surface area contributed by atoms with Crippen molar-refractivity contribution in [2.45, 2.75) is 0 Å². The SMILES string of the molecule is COc1cc(C(=O)Nc2ccc(Cl)nc2N)cc(OC)c1OC. The first-order valence-corrected chi connectivity index (χ1v) is 6.91. The van der Waals surface area contributed by atoms with Crippen molar-refractivity contribution >= 4 is 29.0 Å². The van der Waals surface area contributed by atoms with Crippen molar-refractivity contribution in [2.75, 3.05) is 32.4 Å². The number of rotatable bonds is 5. The highest BCUT2D eigenvalue weighted by Gasteiger charge is 2.17. The van der Waals surface area contributed by atoms with Gasteiger partial charge in [-0.05, 0) is 24.3 Å². The second-order valence-electron chi connectivity index (χ2n) is 4.43. The van der Waals surface area contributed by atoms with Crippen LogP contribution in [0.25, 0.3) is 0 Å². The summed E-state index contributed by atoms with van der Waals surface area (Å²) in [4.78, 5) is 16.3. The van der Waals surface area contributed by atoms with E-state index >= 15 is 0 Å². The number of methoxy groups -OCH3 is 3. The molecule has 7 nitrogen and oxygen atoms in total. The van der Waals surface area contributed by atoms with Crippen LogP contribution in [0.1, 0.15) is 10.4 Å². The van der Waals surface area contributed by atoms with Crippen LogP contribution in [0.3, 0.4) is 0 Å². The summed E-state index contributed by atoms with van der Waals surface area (Å²) in [5.74, 6) is 0.871. The molecule has 0 spiro atoms. The second-order valence-corrected chi connectivity index (χ2v) is 4.82. The van der Waals surface area contributed by atoms with E-state index in [1.807, 2.05) is 0 Å². The molecule has 3 N–H and O–H groups in total. The van der Waals surface area contributed by atoms with Gasteiger partial charge in [-0.2, -0.15) is 0 Å². The molecule has 0 fully saturated rings. The van der Waals surface area contributed by atoms with Gasteiger partial charge in [0.25, 0.3) is 5.91 Å². The van der Waals surface area contributed by atoms with Crippen molar-refractivity contribution in [1.29, 1.82) is 0 Å². The minimum atomic E-state index is -0.403. The molecule has 0 bridgehead atoms. The van der Waals surface area contributed by atoms with E-state index in [1.54, 1.807) is 6.07 Å². The van der Waals surface area contributed by atoms with Crippen molar-refractivity contribution in [2.24, 2.45) is 0 Å². The summed E-state index contributed by atoms with van der Waals surface area (Å²) in [6.45, 7) is 0. The molecule has 2 rings (SSSR count). The van der Waals surface area contributed by atoms with Crippen LogP contribution in [0.4, 0.5) is 11.5 Å². The summed E-state index contributed by atoms with van der Waals surface area (Å²) in [5, 5.41) is 2.90. The van der Waals surface area contributed by atoms with Crippen molar-refractivity contribution in [3.63, 3.8) is 0 Å². The number of benzene rings is 1. The predicted molar refractivity (Wildman–Crippen MR) is 87.7 cm³/mol. The van der Waals surface area contributed by atoms with E-state index in [9.17, 15) is 4.79 Å². The third kappa shape index (κ3) is 3.57. The Labute approximate surface area is 138 Å². The van der Waals surface area contributed by atoms with Gasteiger partial charge < -0.3 is 25.3 Å². The quantitative estimate of drug-likeness (QED) is 0.814. The number of hydrogen-bond acceptors (Lipinski definition) is 6. The third-order valence-corrected chi connectivity index (χ3v) is 3.28. The molecule has 1 aromatic carbocycles. The minimum absolute atomic E-state index is 0.123. The number of pyridine rings is 1. The van der Waals surface area contributed by atoms with Crippen LogP contribution < -0.4 is 25.3 Å². The average Bonchev–Trinajstić information content (AvgIpc) is 2.55. The maximum Gasteiger partial charge on any atom is 0.256 e. The molecule has 0 aliphatic heterocycles. The number of aromatic nitrogens is 1. The van der Waals surface area contributed by atoms with Crippen LogP contribution in [0.2, 0.25) is 5.15 Å². The zero-order valence-corrected chi connectivity index (χ0v) is 13.6. The highest BCUT2D eigenvalue weighted by Crippen LogP contribution is 2.38. The molecular formula is C15H16ClN3O4. The Kier molecular flexibility index (Phi) is 5.13. The van der Waals surface area contributed by atoms with Gasteiger partial charge in [-0.1, -0.05) is 11.6 Å². The Morgan fingerprint density at radius 3 is 2.22 bits per heavy atom. The molecular weight excluding hydrogens is 322 g/mol. The van der Waals surface area contributed by atoms with Gasteiger partial charge in [-0.25, -0.2) is 4.98 Å². The molecule has 0 radical (unpaired) electrons. The van der Waals surface area contributed by atoms with E-state index in [0.717, 1.165) is 0 Å². The van der Waals surface area contributed by atoms with E-state index in [0.29, 0.717) is 28.5 Å². The van der Waals surface area contributed by atoms with Gasteiger partial charge in [0.05, 0.1) is 27.0 Å². The molecule has 122 valence electrons. The molecule has 1 aromatic heterocycles. The number of hydrogen-bond donors (Lipinski definition) is 2. The first kappa shape index (κ1) is 16.7. The molecule has 8 heteroatoms. The summed E-state index contributed by atoms with van der Waals surface area (Å²) in [6, 6.07) is 6.18. The Morgan fingerprint density at radius 2 is 1.74 bits per heavy atom. The van der Waals surface area contributed by atoms with Gasteiger partial charge in [0, 0.05) is 5.56 Å². The van der Waals surface area contributed by atoms with Crippen molar-refractivity contribution < 1.29 is 19.0 Å². The van der Waals surface area contributed by atoms with Gasteiger partial charge in [-0.3, -0.25) is 4.79 Å². The highest BCUT2D eigenvalue weighted by molar-refractivity contribution is 6.29. The lowest BCUT2D eigenvalue weighted by Gasteiger charge is -2.14. The minimum Gasteiger partial charge on any atom is -0.493 e. The van der Waals surface area contributed by atoms with Crippen LogP contribution in [-0.2, 0) is 0 Å². The third-order valence-electron chi connectivity index (χ3n) is 3.07. The Balaban J connectivity index is 2.35. The average molecular weight is 338 g/mol. The standard InChI is InChI=1S/C15H16ClN3O4/c1-21-10-6-8(7-11(22-2)13(10)23-3)15(20)18-9-4-5-12(16)19-14(9)17/h4-7H,1-3H3,(H2,17,19)(H,18,20). The number of carbonyl (C=O) groups is 1. The number of amides is 1. The Hall–Kier alpha value is -2.67. The summed E-state index contributed by atoms with van der Waals surface area (Å²) in [7, 11) is 4.43. The summed E-state index contributed by atoms with van der Waals surface area (Å²) in [5.41, 5.74) is 6.39. The van der Waals surface area contributed by atoms with Crippen molar-refractivity contribution in [3.05, 3.63) is 35.0 Å². The van der Waals surface area contributed by atoms with Gasteiger partial charge in [0.15, 0.2) is 11.5 Å². The fourth-order valence-corrected chi connectivity index (χ4v) is 2.12. The molecule has 0 saturated carbocycles. The zero-order valence-electron chi connectivity index (χ0n) is 12.8. The van der Waals surface area contributed by atoms with Crippen molar-refractivity contribution in [1.82, 2.24) is 4.98 Å². The van der Waals surface area contributed by atoms with E-state index in [2.05, 4.69) is 10.3 Å². The number of ether oxygens (including phenoxy) is 3. The number of nitrogens with two attached hydrogens (primary N) is 1. The monoisotopic (exact) mass is 337 g/mol. The van der Waals surface area contributed by atoms with Gasteiger partial charge >= 0.3 is 0 Å². The lowest BCUT2D eigenvalue weighted by Crippen LogP contribution is -2.14. The normalized spacial score (nSPS) is 10.1. The van der Waals surface area contributed by atoms with Crippen molar-refractivity contribution in [3.8, 4) is 17.2 Å². The Bertz CT molecular complexity index is 712. The molecule has 0 aliphatic rings. The number of anilines is 2. The maximum absolute atomic E-state index is 12.4. The van der Waals surface area contributed by atoms with Crippen LogP contribution in [0, 0.1) is 0 Å².